The lowest BCUT2D eigenvalue weighted by molar-refractivity contribution is -0.136. The van der Waals surface area contributed by atoms with Gasteiger partial charge in [-0.15, -0.1) is 0 Å². The third-order valence-corrected chi connectivity index (χ3v) is 5.00. The van der Waals surface area contributed by atoms with Crippen LogP contribution in [0.4, 0.5) is 9.18 Å². The Morgan fingerprint density at radius 3 is 2.56 bits per heavy atom. The van der Waals surface area contributed by atoms with Crippen LogP contribution in [0.25, 0.3) is 0 Å². The quantitative estimate of drug-likeness (QED) is 0.563. The Morgan fingerprint density at radius 2 is 1.88 bits per heavy atom. The molecule has 32 heavy (non-hydrogen) atoms. The minimum Gasteiger partial charge on any atom is -0.490 e. The number of carbonyl (C=O) groups excluding carboxylic acids is 2. The van der Waals surface area contributed by atoms with Crippen molar-refractivity contribution < 1.29 is 28.2 Å². The summed E-state index contributed by atoms with van der Waals surface area (Å²) in [6, 6.07) is 10.4. The SMILES string of the molecule is CCCC1=C(C(=O)OC)C(c2ccc(OCc3ccccc3F)c(OCC)c2)NC(=O)N1. The zero-order valence-corrected chi connectivity index (χ0v) is 18.4. The molecular formula is C24H27FN2O5. The highest BCUT2D eigenvalue weighted by molar-refractivity contribution is 5.95. The highest BCUT2D eigenvalue weighted by Gasteiger charge is 2.33. The predicted molar refractivity (Wildman–Crippen MR) is 117 cm³/mol. The fraction of sp³-hybridized carbons (Fsp3) is 0.333. The molecule has 2 amide bonds. The minimum atomic E-state index is -0.711. The van der Waals surface area contributed by atoms with Crippen molar-refractivity contribution in [1.82, 2.24) is 10.6 Å². The molecule has 1 heterocycles. The van der Waals surface area contributed by atoms with Crippen LogP contribution in [0, 0.1) is 5.82 Å². The summed E-state index contributed by atoms with van der Waals surface area (Å²) in [5, 5.41) is 5.50. The number of ether oxygens (including phenoxy) is 3. The van der Waals surface area contributed by atoms with E-state index in [0.29, 0.717) is 46.9 Å². The van der Waals surface area contributed by atoms with E-state index in [2.05, 4.69) is 10.6 Å². The number of amides is 2. The molecule has 0 saturated carbocycles. The number of nitrogens with one attached hydrogen (secondary N) is 2. The molecular weight excluding hydrogens is 415 g/mol. The van der Waals surface area contributed by atoms with E-state index in [1.54, 1.807) is 36.4 Å². The molecule has 2 N–H and O–H groups in total. The average Bonchev–Trinajstić information content (AvgIpc) is 2.78. The first-order chi connectivity index (χ1) is 15.5. The van der Waals surface area contributed by atoms with Crippen molar-refractivity contribution in [3.05, 3.63) is 70.7 Å². The third-order valence-electron chi connectivity index (χ3n) is 5.00. The molecule has 1 unspecified atom stereocenters. The van der Waals surface area contributed by atoms with Crippen LogP contribution < -0.4 is 20.1 Å². The second-order valence-electron chi connectivity index (χ2n) is 7.18. The van der Waals surface area contributed by atoms with Crippen molar-refractivity contribution in [2.24, 2.45) is 0 Å². The van der Waals surface area contributed by atoms with Gasteiger partial charge in [-0.3, -0.25) is 0 Å². The number of carbonyl (C=O) groups is 2. The normalized spacial score (nSPS) is 15.6. The van der Waals surface area contributed by atoms with Gasteiger partial charge in [-0.05, 0) is 37.1 Å². The Kier molecular flexibility index (Phi) is 7.70. The molecule has 0 aromatic heterocycles. The molecule has 2 aromatic carbocycles. The van der Waals surface area contributed by atoms with Crippen molar-refractivity contribution in [2.45, 2.75) is 39.3 Å². The van der Waals surface area contributed by atoms with Gasteiger partial charge in [-0.25, -0.2) is 14.0 Å². The Morgan fingerprint density at radius 1 is 1.09 bits per heavy atom. The van der Waals surface area contributed by atoms with Gasteiger partial charge in [0.05, 0.1) is 25.3 Å². The lowest BCUT2D eigenvalue weighted by Crippen LogP contribution is -2.45. The number of rotatable bonds is 9. The highest BCUT2D eigenvalue weighted by atomic mass is 19.1. The summed E-state index contributed by atoms with van der Waals surface area (Å²) in [6.45, 7) is 4.20. The molecule has 1 aliphatic heterocycles. The first kappa shape index (κ1) is 23.1. The molecule has 8 heteroatoms. The van der Waals surface area contributed by atoms with Crippen LogP contribution >= 0.6 is 0 Å². The number of esters is 1. The third kappa shape index (κ3) is 5.19. The Hall–Kier alpha value is -3.55. The maximum atomic E-state index is 13.9. The molecule has 0 saturated heterocycles. The molecule has 1 aliphatic rings. The minimum absolute atomic E-state index is 0.0319. The number of hydrogen-bond donors (Lipinski definition) is 2. The van der Waals surface area contributed by atoms with Gasteiger partial charge in [0.25, 0.3) is 0 Å². The number of benzene rings is 2. The number of urea groups is 1. The van der Waals surface area contributed by atoms with Crippen LogP contribution in [-0.4, -0.2) is 25.7 Å². The summed E-state index contributed by atoms with van der Waals surface area (Å²) in [6.07, 6.45) is 1.27. The Balaban J connectivity index is 1.95. The van der Waals surface area contributed by atoms with Gasteiger partial charge < -0.3 is 24.8 Å². The molecule has 0 bridgehead atoms. The van der Waals surface area contributed by atoms with Gasteiger partial charge in [0.15, 0.2) is 11.5 Å². The molecule has 7 nitrogen and oxygen atoms in total. The zero-order chi connectivity index (χ0) is 23.1. The van der Waals surface area contributed by atoms with E-state index in [4.69, 9.17) is 14.2 Å². The second kappa shape index (κ2) is 10.7. The van der Waals surface area contributed by atoms with E-state index in [1.165, 1.54) is 13.2 Å². The van der Waals surface area contributed by atoms with Crippen molar-refractivity contribution in [1.29, 1.82) is 0 Å². The monoisotopic (exact) mass is 442 g/mol. The smallest absolute Gasteiger partial charge is 0.337 e. The molecule has 170 valence electrons. The lowest BCUT2D eigenvalue weighted by atomic mass is 9.93. The van der Waals surface area contributed by atoms with E-state index in [0.717, 1.165) is 6.42 Å². The fourth-order valence-electron chi connectivity index (χ4n) is 3.53. The van der Waals surface area contributed by atoms with E-state index in [-0.39, 0.29) is 12.4 Å². The highest BCUT2D eigenvalue weighted by Crippen LogP contribution is 2.35. The topological polar surface area (TPSA) is 85.9 Å². The molecule has 1 atom stereocenters. The maximum Gasteiger partial charge on any atom is 0.337 e. The van der Waals surface area contributed by atoms with Crippen LogP contribution in [0.3, 0.4) is 0 Å². The van der Waals surface area contributed by atoms with E-state index in [9.17, 15) is 14.0 Å². The number of hydrogen-bond acceptors (Lipinski definition) is 5. The van der Waals surface area contributed by atoms with Gasteiger partial charge >= 0.3 is 12.0 Å². The summed E-state index contributed by atoms with van der Waals surface area (Å²) in [5.74, 6) is -0.0218. The molecule has 3 rings (SSSR count). The number of allylic oxidation sites excluding steroid dienone is 1. The van der Waals surface area contributed by atoms with Gasteiger partial charge in [0.1, 0.15) is 12.4 Å². The largest absolute Gasteiger partial charge is 0.490 e. The number of halogens is 1. The van der Waals surface area contributed by atoms with Crippen molar-refractivity contribution in [3.63, 3.8) is 0 Å². The summed E-state index contributed by atoms with van der Waals surface area (Å²) < 4.78 is 30.4. The average molecular weight is 442 g/mol. The standard InChI is InChI=1S/C24H27FN2O5/c1-4-8-18-21(23(28)30-3)22(27-24(29)26-18)15-11-12-19(20(13-15)31-5-2)32-14-16-9-6-7-10-17(16)25/h6-7,9-13,22H,4-5,8,14H2,1-3H3,(H2,26,27,29). The van der Waals surface area contributed by atoms with Gasteiger partial charge in [-0.1, -0.05) is 37.6 Å². The summed E-state index contributed by atoms with van der Waals surface area (Å²) in [5.41, 5.74) is 1.93. The summed E-state index contributed by atoms with van der Waals surface area (Å²) in [4.78, 5) is 24.8. The first-order valence-corrected chi connectivity index (χ1v) is 10.5. The molecule has 0 fully saturated rings. The lowest BCUT2D eigenvalue weighted by Gasteiger charge is -2.29. The van der Waals surface area contributed by atoms with Crippen LogP contribution in [0.1, 0.15) is 43.9 Å². The Bertz CT molecular complexity index is 1020. The number of methoxy groups -OCH3 is 1. The summed E-state index contributed by atoms with van der Waals surface area (Å²) in [7, 11) is 1.30. The van der Waals surface area contributed by atoms with E-state index >= 15 is 0 Å². The van der Waals surface area contributed by atoms with Gasteiger partial charge in [-0.2, -0.15) is 0 Å². The predicted octanol–water partition coefficient (Wildman–Crippen LogP) is 4.38. The van der Waals surface area contributed by atoms with Crippen LogP contribution in [0.15, 0.2) is 53.7 Å². The van der Waals surface area contributed by atoms with Crippen LogP contribution in [-0.2, 0) is 16.1 Å². The fourth-order valence-corrected chi connectivity index (χ4v) is 3.53. The van der Waals surface area contributed by atoms with Gasteiger partial charge in [0.2, 0.25) is 0 Å². The molecule has 2 aromatic rings. The van der Waals surface area contributed by atoms with Gasteiger partial charge in [0, 0.05) is 11.3 Å². The van der Waals surface area contributed by atoms with Crippen molar-refractivity contribution >= 4 is 12.0 Å². The van der Waals surface area contributed by atoms with E-state index in [1.807, 2.05) is 13.8 Å². The maximum absolute atomic E-state index is 13.9. The van der Waals surface area contributed by atoms with E-state index < -0.39 is 18.0 Å². The van der Waals surface area contributed by atoms with Crippen LogP contribution in [0.5, 0.6) is 11.5 Å². The van der Waals surface area contributed by atoms with Crippen molar-refractivity contribution in [3.8, 4) is 11.5 Å². The molecule has 0 aliphatic carbocycles. The molecule has 0 spiro atoms. The van der Waals surface area contributed by atoms with Crippen LogP contribution in [0.2, 0.25) is 0 Å². The van der Waals surface area contributed by atoms with Crippen molar-refractivity contribution in [2.75, 3.05) is 13.7 Å². The Labute approximate surface area is 186 Å². The zero-order valence-electron chi connectivity index (χ0n) is 18.4. The second-order valence-corrected chi connectivity index (χ2v) is 7.18. The summed E-state index contributed by atoms with van der Waals surface area (Å²) >= 11 is 0. The first-order valence-electron chi connectivity index (χ1n) is 10.5. The molecule has 0 radical (unpaired) electrons.